The van der Waals surface area contributed by atoms with Crippen LogP contribution in [0.1, 0.15) is 18.5 Å². The summed E-state index contributed by atoms with van der Waals surface area (Å²) in [5.41, 5.74) is 1.35. The third kappa shape index (κ3) is 3.62. The molecule has 0 saturated carbocycles. The molecule has 1 aliphatic heterocycles. The average molecular weight is 348 g/mol. The number of halogens is 1. The molecule has 1 aromatic carbocycles. The van der Waals surface area contributed by atoms with E-state index < -0.39 is 5.91 Å². The fraction of sp³-hybridized carbons (Fsp3) is 0.250. The molecular formula is C16H14ClN3O4. The number of carbonyl (C=O) groups is 3. The molecule has 1 fully saturated rings. The highest BCUT2D eigenvalue weighted by Gasteiger charge is 2.30. The Morgan fingerprint density at radius 3 is 2.54 bits per heavy atom. The van der Waals surface area contributed by atoms with Gasteiger partial charge in [-0.25, -0.2) is 0 Å². The number of hydrogen-bond acceptors (Lipinski definition) is 5. The number of aromatic nitrogens is 1. The molecule has 1 aromatic heterocycles. The zero-order valence-electron chi connectivity index (χ0n) is 12.6. The first kappa shape index (κ1) is 16.2. The SMILES string of the molecule is O=C(CN1C(=O)CCC1=O)NCc1cc(-c2ccc(Cl)cc2)on1. The van der Waals surface area contributed by atoms with Gasteiger partial charge in [-0.05, 0) is 24.3 Å². The number of amides is 3. The van der Waals surface area contributed by atoms with E-state index in [4.69, 9.17) is 16.1 Å². The summed E-state index contributed by atoms with van der Waals surface area (Å²) < 4.78 is 5.23. The van der Waals surface area contributed by atoms with Gasteiger partial charge in [-0.1, -0.05) is 16.8 Å². The van der Waals surface area contributed by atoms with Crippen LogP contribution in [-0.2, 0) is 20.9 Å². The smallest absolute Gasteiger partial charge is 0.240 e. The van der Waals surface area contributed by atoms with E-state index in [1.807, 2.05) is 0 Å². The van der Waals surface area contributed by atoms with Gasteiger partial charge in [-0.3, -0.25) is 19.3 Å². The Kier molecular flexibility index (Phi) is 4.61. The summed E-state index contributed by atoms with van der Waals surface area (Å²) in [4.78, 5) is 35.8. The molecule has 24 heavy (non-hydrogen) atoms. The molecular weight excluding hydrogens is 334 g/mol. The lowest BCUT2D eigenvalue weighted by atomic mass is 10.1. The van der Waals surface area contributed by atoms with E-state index in [1.165, 1.54) is 0 Å². The van der Waals surface area contributed by atoms with Gasteiger partial charge in [-0.15, -0.1) is 0 Å². The fourth-order valence-electron chi connectivity index (χ4n) is 2.33. The minimum absolute atomic E-state index is 0.145. The van der Waals surface area contributed by atoms with Gasteiger partial charge in [0, 0.05) is 29.5 Å². The predicted molar refractivity (Wildman–Crippen MR) is 84.7 cm³/mol. The zero-order valence-corrected chi connectivity index (χ0v) is 13.4. The lowest BCUT2D eigenvalue weighted by Crippen LogP contribution is -2.39. The largest absolute Gasteiger partial charge is 0.356 e. The Morgan fingerprint density at radius 1 is 1.21 bits per heavy atom. The maximum Gasteiger partial charge on any atom is 0.240 e. The van der Waals surface area contributed by atoms with E-state index in [9.17, 15) is 14.4 Å². The number of nitrogens with zero attached hydrogens (tertiary/aromatic N) is 2. The van der Waals surface area contributed by atoms with Crippen LogP contribution >= 0.6 is 11.6 Å². The van der Waals surface area contributed by atoms with Crippen LogP contribution in [-0.4, -0.2) is 34.3 Å². The van der Waals surface area contributed by atoms with Crippen molar-refractivity contribution in [3.63, 3.8) is 0 Å². The number of benzene rings is 1. The molecule has 0 atom stereocenters. The summed E-state index contributed by atoms with van der Waals surface area (Å²) in [6.07, 6.45) is 0.333. The van der Waals surface area contributed by atoms with Gasteiger partial charge >= 0.3 is 0 Å². The number of likely N-dealkylation sites (tertiary alicyclic amines) is 1. The molecule has 0 unspecified atom stereocenters. The molecule has 124 valence electrons. The molecule has 2 aromatic rings. The molecule has 3 amide bonds. The second-order valence-electron chi connectivity index (χ2n) is 5.34. The molecule has 3 rings (SSSR count). The zero-order chi connectivity index (χ0) is 17.1. The van der Waals surface area contributed by atoms with Crippen LogP contribution in [0.3, 0.4) is 0 Å². The van der Waals surface area contributed by atoms with E-state index in [0.29, 0.717) is 16.5 Å². The Hall–Kier alpha value is -2.67. The number of hydrogen-bond donors (Lipinski definition) is 1. The molecule has 0 aliphatic carbocycles. The number of rotatable bonds is 5. The molecule has 2 heterocycles. The second kappa shape index (κ2) is 6.84. The van der Waals surface area contributed by atoms with Crippen LogP contribution in [0.2, 0.25) is 5.02 Å². The first-order valence-corrected chi connectivity index (χ1v) is 7.72. The molecule has 0 spiro atoms. The minimum Gasteiger partial charge on any atom is -0.356 e. The Morgan fingerprint density at radius 2 is 1.88 bits per heavy atom. The van der Waals surface area contributed by atoms with Gasteiger partial charge in [0.2, 0.25) is 17.7 Å². The lowest BCUT2D eigenvalue weighted by molar-refractivity contribution is -0.142. The highest BCUT2D eigenvalue weighted by Crippen LogP contribution is 2.22. The number of imide groups is 1. The van der Waals surface area contributed by atoms with Crippen molar-refractivity contribution in [1.82, 2.24) is 15.4 Å². The summed E-state index contributed by atoms with van der Waals surface area (Å²) in [6.45, 7) is -0.119. The summed E-state index contributed by atoms with van der Waals surface area (Å²) >= 11 is 5.83. The summed E-state index contributed by atoms with van der Waals surface area (Å²) in [6, 6.07) is 8.79. The topological polar surface area (TPSA) is 92.5 Å². The molecule has 0 radical (unpaired) electrons. The minimum atomic E-state index is -0.422. The predicted octanol–water partition coefficient (Wildman–Crippen LogP) is 1.76. The van der Waals surface area contributed by atoms with E-state index in [0.717, 1.165) is 10.5 Å². The molecule has 1 N–H and O–H groups in total. The van der Waals surface area contributed by atoms with Gasteiger partial charge < -0.3 is 9.84 Å². The van der Waals surface area contributed by atoms with E-state index in [-0.39, 0.29) is 37.7 Å². The quantitative estimate of drug-likeness (QED) is 0.832. The summed E-state index contributed by atoms with van der Waals surface area (Å²) in [5, 5.41) is 7.11. The van der Waals surface area contributed by atoms with Gasteiger partial charge in [-0.2, -0.15) is 0 Å². The van der Waals surface area contributed by atoms with E-state index in [2.05, 4.69) is 10.5 Å². The maximum atomic E-state index is 11.8. The van der Waals surface area contributed by atoms with Crippen molar-refractivity contribution in [3.05, 3.63) is 41.0 Å². The number of nitrogens with one attached hydrogen (secondary N) is 1. The molecule has 7 nitrogen and oxygen atoms in total. The fourth-order valence-corrected chi connectivity index (χ4v) is 2.46. The van der Waals surface area contributed by atoms with Crippen molar-refractivity contribution >= 4 is 29.3 Å². The van der Waals surface area contributed by atoms with Crippen molar-refractivity contribution in [2.45, 2.75) is 19.4 Å². The van der Waals surface area contributed by atoms with Crippen LogP contribution in [0.4, 0.5) is 0 Å². The molecule has 1 saturated heterocycles. The van der Waals surface area contributed by atoms with Crippen LogP contribution in [0.25, 0.3) is 11.3 Å². The third-order valence-electron chi connectivity index (χ3n) is 3.61. The summed E-state index contributed by atoms with van der Waals surface area (Å²) in [7, 11) is 0. The normalized spacial score (nSPS) is 14.3. The first-order valence-electron chi connectivity index (χ1n) is 7.34. The van der Waals surface area contributed by atoms with Crippen molar-refractivity contribution in [2.24, 2.45) is 0 Å². The molecule has 8 heteroatoms. The van der Waals surface area contributed by atoms with E-state index in [1.54, 1.807) is 30.3 Å². The lowest BCUT2D eigenvalue weighted by Gasteiger charge is -2.12. The van der Waals surface area contributed by atoms with Gasteiger partial charge in [0.05, 0.1) is 6.54 Å². The Labute approximate surface area is 142 Å². The van der Waals surface area contributed by atoms with Crippen LogP contribution in [0.15, 0.2) is 34.9 Å². The maximum absolute atomic E-state index is 11.8. The number of carbonyl (C=O) groups excluding carboxylic acids is 3. The van der Waals surface area contributed by atoms with Crippen molar-refractivity contribution in [3.8, 4) is 11.3 Å². The van der Waals surface area contributed by atoms with Gasteiger partial charge in [0.1, 0.15) is 12.2 Å². The van der Waals surface area contributed by atoms with Gasteiger partial charge in [0.15, 0.2) is 5.76 Å². The highest BCUT2D eigenvalue weighted by molar-refractivity contribution is 6.30. The van der Waals surface area contributed by atoms with Crippen molar-refractivity contribution in [2.75, 3.05) is 6.54 Å². The van der Waals surface area contributed by atoms with Crippen molar-refractivity contribution in [1.29, 1.82) is 0 Å². The third-order valence-corrected chi connectivity index (χ3v) is 3.86. The monoisotopic (exact) mass is 347 g/mol. The van der Waals surface area contributed by atoms with E-state index >= 15 is 0 Å². The standard InChI is InChI=1S/C16H14ClN3O4/c17-11-3-1-10(2-4-11)13-7-12(19-24-13)8-18-14(21)9-20-15(22)5-6-16(20)23/h1-4,7H,5-6,8-9H2,(H,18,21). The van der Waals surface area contributed by atoms with Crippen LogP contribution in [0, 0.1) is 0 Å². The van der Waals surface area contributed by atoms with Gasteiger partial charge in [0.25, 0.3) is 0 Å². The Bertz CT molecular complexity index is 769. The molecule has 0 bridgehead atoms. The molecule has 1 aliphatic rings. The second-order valence-corrected chi connectivity index (χ2v) is 5.78. The summed E-state index contributed by atoms with van der Waals surface area (Å²) in [5.74, 6) is -0.501. The Balaban J connectivity index is 1.55. The van der Waals surface area contributed by atoms with Crippen LogP contribution in [0.5, 0.6) is 0 Å². The average Bonchev–Trinajstić information content (AvgIpc) is 3.16. The van der Waals surface area contributed by atoms with Crippen LogP contribution < -0.4 is 5.32 Å². The van der Waals surface area contributed by atoms with Crippen molar-refractivity contribution < 1.29 is 18.9 Å². The highest BCUT2D eigenvalue weighted by atomic mass is 35.5. The first-order chi connectivity index (χ1) is 11.5.